The van der Waals surface area contributed by atoms with Crippen LogP contribution in [0.15, 0.2) is 29.3 Å². The van der Waals surface area contributed by atoms with Gasteiger partial charge in [-0.3, -0.25) is 19.2 Å². The molecule has 0 unspecified atom stereocenters. The minimum Gasteiger partial charge on any atom is -0.292 e. The van der Waals surface area contributed by atoms with E-state index in [-0.39, 0.29) is 16.8 Å². The number of hydrogen-bond acceptors (Lipinski definition) is 6. The van der Waals surface area contributed by atoms with Crippen molar-refractivity contribution in [3.8, 4) is 0 Å². The first kappa shape index (κ1) is 15.1. The maximum Gasteiger partial charge on any atom is 0.266 e. The van der Waals surface area contributed by atoms with Crippen molar-refractivity contribution in [3.63, 3.8) is 0 Å². The topological polar surface area (TPSA) is 87.6 Å². The molecule has 1 aliphatic rings. The zero-order valence-corrected chi connectivity index (χ0v) is 12.5. The van der Waals surface area contributed by atoms with Gasteiger partial charge >= 0.3 is 0 Å². The molecule has 1 amide bonds. The largest absolute Gasteiger partial charge is 0.292 e. The highest BCUT2D eigenvalue weighted by Crippen LogP contribution is 2.31. The highest BCUT2D eigenvalue weighted by molar-refractivity contribution is 8.26. The summed E-state index contributed by atoms with van der Waals surface area (Å²) in [6, 6.07) is 5.29. The van der Waals surface area contributed by atoms with Crippen molar-refractivity contribution in [2.75, 3.05) is 12.3 Å². The van der Waals surface area contributed by atoms with E-state index in [1.807, 2.05) is 0 Å². The normalized spacial score (nSPS) is 18.1. The molecule has 0 radical (unpaired) electrons. The van der Waals surface area contributed by atoms with Crippen LogP contribution in [0.2, 0.25) is 0 Å². The Labute approximate surface area is 125 Å². The number of thiocarbonyl (C=S) groups is 1. The van der Waals surface area contributed by atoms with E-state index in [0.717, 1.165) is 16.7 Å². The average Bonchev–Trinajstić information content (AvgIpc) is 2.63. The van der Waals surface area contributed by atoms with Crippen LogP contribution in [0.4, 0.5) is 0 Å². The monoisotopic (exact) mass is 330 g/mol. The fourth-order valence-electron chi connectivity index (χ4n) is 1.50. The minimum atomic E-state index is -4.13. The Kier molecular flexibility index (Phi) is 4.53. The summed E-state index contributed by atoms with van der Waals surface area (Å²) in [6.45, 7) is -0.164. The van der Waals surface area contributed by atoms with Gasteiger partial charge in [0.1, 0.15) is 4.32 Å². The lowest BCUT2D eigenvalue weighted by atomic mass is 10.3. The van der Waals surface area contributed by atoms with Gasteiger partial charge in [0.25, 0.3) is 16.0 Å². The molecule has 0 aliphatic carbocycles. The first-order valence-corrected chi connectivity index (χ1v) is 8.32. The molecule has 0 atom stereocenters. The second-order valence-electron chi connectivity index (χ2n) is 3.87. The Bertz CT molecular complexity index is 670. The summed E-state index contributed by atoms with van der Waals surface area (Å²) < 4.78 is 30.4. The number of nitrogens with zero attached hydrogens (tertiary/aromatic N) is 2. The van der Waals surface area contributed by atoms with Crippen molar-refractivity contribution in [2.24, 2.45) is 0 Å². The van der Waals surface area contributed by atoms with Gasteiger partial charge in [-0.25, -0.2) is 0 Å². The Morgan fingerprint density at radius 3 is 2.80 bits per heavy atom. The Morgan fingerprint density at radius 2 is 2.20 bits per heavy atom. The molecular weight excluding hydrogens is 320 g/mol. The molecule has 20 heavy (non-hydrogen) atoms. The second-order valence-corrected chi connectivity index (χ2v) is 7.12. The SMILES string of the molecule is O=C1C(=Cc2ccccn2)SC(=S)N1CCS(=O)(=O)O. The van der Waals surface area contributed by atoms with E-state index in [9.17, 15) is 13.2 Å². The molecule has 1 saturated heterocycles. The van der Waals surface area contributed by atoms with Crippen LogP contribution in [0.1, 0.15) is 5.69 Å². The van der Waals surface area contributed by atoms with Crippen LogP contribution in [-0.2, 0) is 14.9 Å². The van der Waals surface area contributed by atoms with Crippen molar-refractivity contribution in [1.82, 2.24) is 9.88 Å². The predicted octanol–water partition coefficient (Wildman–Crippen LogP) is 1.17. The molecule has 106 valence electrons. The fraction of sp³-hybridized carbons (Fsp3) is 0.182. The van der Waals surface area contributed by atoms with Gasteiger partial charge in [0.05, 0.1) is 16.4 Å². The molecule has 0 spiro atoms. The van der Waals surface area contributed by atoms with Gasteiger partial charge in [-0.2, -0.15) is 8.42 Å². The standard InChI is InChI=1S/C11H10N2O4S3/c14-10-9(7-8-3-1-2-4-12-8)19-11(18)13(10)5-6-20(15,16)17/h1-4,7H,5-6H2,(H,15,16,17). The van der Waals surface area contributed by atoms with Crippen LogP contribution in [0.5, 0.6) is 0 Å². The molecule has 0 aromatic carbocycles. The number of amides is 1. The van der Waals surface area contributed by atoms with Crippen LogP contribution in [0.3, 0.4) is 0 Å². The molecular formula is C11H10N2O4S3. The maximum atomic E-state index is 12.1. The van der Waals surface area contributed by atoms with E-state index in [1.54, 1.807) is 30.5 Å². The summed E-state index contributed by atoms with van der Waals surface area (Å²) in [6.07, 6.45) is 3.19. The number of carbonyl (C=O) groups excluding carboxylic acids is 1. The summed E-state index contributed by atoms with van der Waals surface area (Å²) in [4.78, 5) is 17.7. The molecule has 6 nitrogen and oxygen atoms in total. The van der Waals surface area contributed by atoms with Crippen LogP contribution in [0.25, 0.3) is 6.08 Å². The zero-order valence-electron chi connectivity index (χ0n) is 10.1. The molecule has 1 N–H and O–H groups in total. The number of thioether (sulfide) groups is 1. The lowest BCUT2D eigenvalue weighted by Gasteiger charge is -2.12. The molecule has 9 heteroatoms. The van der Waals surface area contributed by atoms with Crippen molar-refractivity contribution >= 4 is 50.4 Å². The molecule has 2 heterocycles. The number of aromatic nitrogens is 1. The minimum absolute atomic E-state index is 0.164. The summed E-state index contributed by atoms with van der Waals surface area (Å²) in [7, 11) is -4.13. The van der Waals surface area contributed by atoms with Crippen LogP contribution >= 0.6 is 24.0 Å². The number of rotatable bonds is 4. The first-order chi connectivity index (χ1) is 9.37. The van der Waals surface area contributed by atoms with Gasteiger partial charge < -0.3 is 0 Å². The summed E-state index contributed by atoms with van der Waals surface area (Å²) in [5, 5.41) is 0. The highest BCUT2D eigenvalue weighted by atomic mass is 32.2. The number of pyridine rings is 1. The zero-order chi connectivity index (χ0) is 14.8. The molecule has 1 fully saturated rings. The van der Waals surface area contributed by atoms with E-state index in [4.69, 9.17) is 16.8 Å². The highest BCUT2D eigenvalue weighted by Gasteiger charge is 2.32. The van der Waals surface area contributed by atoms with Crippen molar-refractivity contribution in [2.45, 2.75) is 0 Å². The van der Waals surface area contributed by atoms with Crippen LogP contribution < -0.4 is 0 Å². The van der Waals surface area contributed by atoms with Crippen LogP contribution in [0, 0.1) is 0 Å². The number of hydrogen-bond donors (Lipinski definition) is 1. The molecule has 1 aromatic heterocycles. The van der Waals surface area contributed by atoms with E-state index in [2.05, 4.69) is 4.98 Å². The van der Waals surface area contributed by atoms with E-state index in [0.29, 0.717) is 10.6 Å². The Morgan fingerprint density at radius 1 is 1.45 bits per heavy atom. The van der Waals surface area contributed by atoms with Gasteiger partial charge in [0.15, 0.2) is 0 Å². The lowest BCUT2D eigenvalue weighted by Crippen LogP contribution is -2.32. The predicted molar refractivity (Wildman–Crippen MR) is 80.5 cm³/mol. The third kappa shape index (κ3) is 3.85. The Hall–Kier alpha value is -1.29. The van der Waals surface area contributed by atoms with Crippen molar-refractivity contribution in [1.29, 1.82) is 0 Å². The smallest absolute Gasteiger partial charge is 0.266 e. The molecule has 2 rings (SSSR count). The third-order valence-electron chi connectivity index (χ3n) is 2.41. The van der Waals surface area contributed by atoms with Gasteiger partial charge in [-0.1, -0.05) is 30.0 Å². The number of carbonyl (C=O) groups is 1. The lowest BCUT2D eigenvalue weighted by molar-refractivity contribution is -0.121. The maximum absolute atomic E-state index is 12.1. The van der Waals surface area contributed by atoms with Gasteiger partial charge in [0, 0.05) is 12.7 Å². The first-order valence-electron chi connectivity index (χ1n) is 5.48. The molecule has 0 saturated carbocycles. The second kappa shape index (κ2) is 6.00. The molecule has 1 aromatic rings. The third-order valence-corrected chi connectivity index (χ3v) is 4.49. The van der Waals surface area contributed by atoms with E-state index < -0.39 is 15.9 Å². The summed E-state index contributed by atoms with van der Waals surface area (Å²) in [5.74, 6) is -0.926. The van der Waals surface area contributed by atoms with Crippen molar-refractivity contribution < 1.29 is 17.8 Å². The van der Waals surface area contributed by atoms with E-state index >= 15 is 0 Å². The van der Waals surface area contributed by atoms with Crippen molar-refractivity contribution in [3.05, 3.63) is 35.0 Å². The van der Waals surface area contributed by atoms with Crippen LogP contribution in [-0.4, -0.2) is 45.4 Å². The summed E-state index contributed by atoms with van der Waals surface area (Å²) in [5.41, 5.74) is 0.614. The molecule has 1 aliphatic heterocycles. The molecule has 0 bridgehead atoms. The van der Waals surface area contributed by atoms with E-state index in [1.165, 1.54) is 0 Å². The van der Waals surface area contributed by atoms with Gasteiger partial charge in [-0.05, 0) is 18.2 Å². The average molecular weight is 330 g/mol. The quantitative estimate of drug-likeness (QED) is 0.504. The van der Waals surface area contributed by atoms with Gasteiger partial charge in [0.2, 0.25) is 0 Å². The van der Waals surface area contributed by atoms with Gasteiger partial charge in [-0.15, -0.1) is 0 Å². The summed E-state index contributed by atoms with van der Waals surface area (Å²) >= 11 is 6.11. The fourth-order valence-corrected chi connectivity index (χ4v) is 3.20. The Balaban J connectivity index is 2.15.